The maximum absolute atomic E-state index is 13.2. The number of alkyl halides is 2. The number of ether oxygens (including phenoxy) is 2. The highest BCUT2D eigenvalue weighted by Crippen LogP contribution is 2.42. The third kappa shape index (κ3) is 4.89. The normalized spacial score (nSPS) is 13.5. The Kier molecular flexibility index (Phi) is 5.71. The van der Waals surface area contributed by atoms with Crippen molar-refractivity contribution in [3.05, 3.63) is 63.6 Å². The number of halogens is 2. The third-order valence-electron chi connectivity index (χ3n) is 4.57. The van der Waals surface area contributed by atoms with Crippen LogP contribution >= 0.6 is 22.7 Å². The number of fused-ring (bicyclic) bond motifs is 1. The Morgan fingerprint density at radius 2 is 1.97 bits per heavy atom. The Bertz CT molecular complexity index is 1360. The van der Waals surface area contributed by atoms with Gasteiger partial charge in [0.25, 0.3) is 5.91 Å². The largest absolute Gasteiger partial charge is 0.586 e. The number of benzene rings is 1. The van der Waals surface area contributed by atoms with E-state index in [9.17, 15) is 13.6 Å². The van der Waals surface area contributed by atoms with Crippen molar-refractivity contribution in [3.8, 4) is 11.5 Å². The molecule has 0 saturated carbocycles. The molecular weight excluding hydrogens is 486 g/mol. The number of aromatic nitrogens is 3. The molecule has 9 nitrogen and oxygen atoms in total. The summed E-state index contributed by atoms with van der Waals surface area (Å²) in [6.07, 6.45) is -2.04. The van der Waals surface area contributed by atoms with E-state index in [1.165, 1.54) is 29.5 Å². The first kappa shape index (κ1) is 22.0. The zero-order valence-electron chi connectivity index (χ0n) is 17.5. The molecular formula is C21H16F2N6O3S2. The molecule has 34 heavy (non-hydrogen) atoms. The summed E-state index contributed by atoms with van der Waals surface area (Å²) < 4.78 is 35.2. The van der Waals surface area contributed by atoms with Gasteiger partial charge in [-0.3, -0.25) is 4.79 Å². The zero-order valence-corrected chi connectivity index (χ0v) is 19.1. The fourth-order valence-corrected chi connectivity index (χ4v) is 4.46. The van der Waals surface area contributed by atoms with Crippen molar-refractivity contribution in [2.45, 2.75) is 19.8 Å². The number of amides is 1. The van der Waals surface area contributed by atoms with Crippen LogP contribution in [-0.2, 0) is 6.54 Å². The highest BCUT2D eigenvalue weighted by atomic mass is 32.1. The average molecular weight is 503 g/mol. The molecule has 4 aromatic rings. The lowest BCUT2D eigenvalue weighted by atomic mass is 10.2. The minimum absolute atomic E-state index is 0.0978. The lowest BCUT2D eigenvalue weighted by Gasteiger charge is -2.09. The number of carbonyl (C=O) groups excluding carboxylic acids is 1. The van der Waals surface area contributed by atoms with E-state index in [0.29, 0.717) is 23.1 Å². The van der Waals surface area contributed by atoms with Gasteiger partial charge in [-0.15, -0.1) is 31.5 Å². The predicted molar refractivity (Wildman–Crippen MR) is 124 cm³/mol. The second-order valence-electron chi connectivity index (χ2n) is 7.14. The number of carbonyl (C=O) groups is 1. The number of anilines is 4. The van der Waals surface area contributed by atoms with Crippen LogP contribution in [0, 0.1) is 6.92 Å². The Labute approximate surface area is 199 Å². The lowest BCUT2D eigenvalue weighted by Crippen LogP contribution is -2.25. The fraction of sp³-hybridized carbons (Fsp3) is 0.143. The number of nitrogens with zero attached hydrogens (tertiary/aromatic N) is 3. The summed E-state index contributed by atoms with van der Waals surface area (Å²) in [5.74, 6) is 0.363. The van der Waals surface area contributed by atoms with Crippen LogP contribution in [0.4, 0.5) is 31.2 Å². The topological polar surface area (TPSA) is 110 Å². The van der Waals surface area contributed by atoms with E-state index < -0.39 is 12.2 Å². The van der Waals surface area contributed by atoms with Crippen molar-refractivity contribution in [3.63, 3.8) is 0 Å². The number of rotatable bonds is 7. The first-order chi connectivity index (χ1) is 16.3. The molecule has 1 aromatic carbocycles. The third-order valence-corrected chi connectivity index (χ3v) is 6.27. The summed E-state index contributed by atoms with van der Waals surface area (Å²) in [5, 5.41) is 11.7. The summed E-state index contributed by atoms with van der Waals surface area (Å²) in [6.45, 7) is 2.32. The molecule has 1 aliphatic heterocycles. The molecule has 1 amide bonds. The van der Waals surface area contributed by atoms with E-state index in [2.05, 4.69) is 40.4 Å². The maximum atomic E-state index is 13.2. The van der Waals surface area contributed by atoms with Gasteiger partial charge in [0.2, 0.25) is 0 Å². The summed E-state index contributed by atoms with van der Waals surface area (Å²) in [4.78, 5) is 26.0. The van der Waals surface area contributed by atoms with E-state index in [1.807, 2.05) is 24.4 Å². The van der Waals surface area contributed by atoms with Crippen LogP contribution in [0.25, 0.3) is 0 Å². The van der Waals surface area contributed by atoms with Gasteiger partial charge in [-0.2, -0.15) is 0 Å². The van der Waals surface area contributed by atoms with Crippen LogP contribution in [0.1, 0.15) is 20.9 Å². The van der Waals surface area contributed by atoms with Gasteiger partial charge in [-0.05, 0) is 36.8 Å². The van der Waals surface area contributed by atoms with Crippen molar-refractivity contribution in [2.75, 3.05) is 16.0 Å². The van der Waals surface area contributed by atoms with Crippen LogP contribution in [0.3, 0.4) is 0 Å². The van der Waals surface area contributed by atoms with Crippen LogP contribution in [0.15, 0.2) is 47.4 Å². The summed E-state index contributed by atoms with van der Waals surface area (Å²) in [7, 11) is 0. The second-order valence-corrected chi connectivity index (χ2v) is 8.85. The molecule has 1 aliphatic rings. The SMILES string of the molecule is Cc1csc(Nc2cc(CNc3ncsc3C(=O)Nc3ccc4c(c3)OC(F)(F)O4)ccn2)n1. The number of aryl methyl sites for hydroxylation is 1. The molecule has 0 unspecified atom stereocenters. The molecule has 0 fully saturated rings. The molecule has 0 radical (unpaired) electrons. The van der Waals surface area contributed by atoms with Gasteiger partial charge in [0, 0.05) is 29.9 Å². The highest BCUT2D eigenvalue weighted by molar-refractivity contribution is 7.13. The predicted octanol–water partition coefficient (Wildman–Crippen LogP) is 5.23. The van der Waals surface area contributed by atoms with Crippen molar-refractivity contribution in [2.24, 2.45) is 0 Å². The van der Waals surface area contributed by atoms with E-state index in [-0.39, 0.29) is 17.2 Å². The Balaban J connectivity index is 1.23. The van der Waals surface area contributed by atoms with E-state index >= 15 is 0 Å². The first-order valence-electron chi connectivity index (χ1n) is 9.87. The van der Waals surface area contributed by atoms with Crippen LogP contribution in [-0.4, -0.2) is 27.2 Å². The summed E-state index contributed by atoms with van der Waals surface area (Å²) >= 11 is 2.64. The molecule has 4 heterocycles. The Hall–Kier alpha value is -3.84. The van der Waals surface area contributed by atoms with Gasteiger partial charge < -0.3 is 25.4 Å². The molecule has 5 rings (SSSR count). The Morgan fingerprint density at radius 3 is 2.79 bits per heavy atom. The monoisotopic (exact) mass is 502 g/mol. The number of pyridine rings is 1. The average Bonchev–Trinajstić information content (AvgIpc) is 3.49. The highest BCUT2D eigenvalue weighted by Gasteiger charge is 2.43. The smallest absolute Gasteiger partial charge is 0.395 e. The van der Waals surface area contributed by atoms with Crippen molar-refractivity contribution >= 4 is 51.0 Å². The van der Waals surface area contributed by atoms with E-state index in [1.54, 1.807) is 11.7 Å². The number of hydrogen-bond acceptors (Lipinski definition) is 10. The molecule has 0 bridgehead atoms. The van der Waals surface area contributed by atoms with E-state index in [4.69, 9.17) is 0 Å². The molecule has 0 aliphatic carbocycles. The number of hydrogen-bond donors (Lipinski definition) is 3. The number of nitrogens with one attached hydrogen (secondary N) is 3. The molecule has 3 N–H and O–H groups in total. The lowest BCUT2D eigenvalue weighted by molar-refractivity contribution is -0.286. The Morgan fingerprint density at radius 1 is 1.12 bits per heavy atom. The van der Waals surface area contributed by atoms with Crippen molar-refractivity contribution in [1.29, 1.82) is 0 Å². The molecule has 13 heteroatoms. The van der Waals surface area contributed by atoms with Crippen LogP contribution < -0.4 is 25.4 Å². The summed E-state index contributed by atoms with van der Waals surface area (Å²) in [6, 6.07) is 7.75. The zero-order chi connectivity index (χ0) is 23.7. The number of thiazole rings is 2. The van der Waals surface area contributed by atoms with Gasteiger partial charge in [-0.1, -0.05) is 0 Å². The standard InChI is InChI=1S/C21H16F2N6O3S2/c1-11-9-33-20(27-11)29-16-6-12(4-5-24-16)8-25-18-17(34-10-26-18)19(30)28-13-2-3-14-15(7-13)32-21(22,23)31-14/h2-7,9-10,25H,8H2,1H3,(H,28,30)(H,24,27,29). The minimum Gasteiger partial charge on any atom is -0.395 e. The van der Waals surface area contributed by atoms with Gasteiger partial charge in [0.15, 0.2) is 16.6 Å². The molecule has 0 atom stereocenters. The van der Waals surface area contributed by atoms with Crippen molar-refractivity contribution < 1.29 is 23.0 Å². The molecule has 0 spiro atoms. The first-order valence-corrected chi connectivity index (χ1v) is 11.6. The van der Waals surface area contributed by atoms with Gasteiger partial charge in [0.1, 0.15) is 16.5 Å². The van der Waals surface area contributed by atoms with Crippen LogP contribution in [0.5, 0.6) is 11.5 Å². The maximum Gasteiger partial charge on any atom is 0.586 e. The van der Waals surface area contributed by atoms with Crippen molar-refractivity contribution in [1.82, 2.24) is 15.0 Å². The minimum atomic E-state index is -3.72. The summed E-state index contributed by atoms with van der Waals surface area (Å²) in [5.41, 5.74) is 3.67. The van der Waals surface area contributed by atoms with Crippen LogP contribution in [0.2, 0.25) is 0 Å². The fourth-order valence-electron chi connectivity index (χ4n) is 3.11. The molecule has 0 saturated heterocycles. The van der Waals surface area contributed by atoms with Gasteiger partial charge in [0.05, 0.1) is 11.2 Å². The molecule has 174 valence electrons. The quantitative estimate of drug-likeness (QED) is 0.315. The van der Waals surface area contributed by atoms with Gasteiger partial charge in [-0.25, -0.2) is 15.0 Å². The van der Waals surface area contributed by atoms with E-state index in [0.717, 1.165) is 27.7 Å². The van der Waals surface area contributed by atoms with Gasteiger partial charge >= 0.3 is 6.29 Å². The second kappa shape index (κ2) is 8.83. The molecule has 3 aromatic heterocycles.